The summed E-state index contributed by atoms with van der Waals surface area (Å²) in [6.07, 6.45) is 0. The normalized spacial score (nSPS) is 13.9. The summed E-state index contributed by atoms with van der Waals surface area (Å²) in [7, 11) is 0. The Morgan fingerprint density at radius 2 is 1.68 bits per heavy atom. The van der Waals surface area contributed by atoms with E-state index in [2.05, 4.69) is 10.2 Å². The lowest BCUT2D eigenvalue weighted by Gasteiger charge is -2.31. The van der Waals surface area contributed by atoms with Crippen LogP contribution in [-0.2, 0) is 6.54 Å². The van der Waals surface area contributed by atoms with E-state index in [0.29, 0.717) is 6.54 Å². The van der Waals surface area contributed by atoms with Gasteiger partial charge in [-0.15, -0.1) is 0 Å². The average molecular weight is 382 g/mol. The van der Waals surface area contributed by atoms with Gasteiger partial charge in [0.2, 0.25) is 0 Å². The third-order valence-corrected chi connectivity index (χ3v) is 4.87. The Kier molecular flexibility index (Phi) is 6.31. The van der Waals surface area contributed by atoms with Crippen molar-refractivity contribution in [3.05, 3.63) is 70.3 Å². The molecule has 0 atom stereocenters. The van der Waals surface area contributed by atoms with Crippen molar-refractivity contribution in [3.63, 3.8) is 0 Å². The smallest absolute Gasteiger partial charge is 0.276 e. The molecule has 1 saturated heterocycles. The van der Waals surface area contributed by atoms with Crippen LogP contribution in [0.1, 0.15) is 19.4 Å². The van der Waals surface area contributed by atoms with Gasteiger partial charge in [0.25, 0.3) is 5.56 Å². The molecule has 2 aromatic carbocycles. The fourth-order valence-corrected chi connectivity index (χ4v) is 3.57. The minimum Gasteiger partial charge on any atom is -0.393 e. The summed E-state index contributed by atoms with van der Waals surface area (Å²) in [5, 5.41) is 4.29. The zero-order valence-electron chi connectivity index (χ0n) is 16.4. The van der Waals surface area contributed by atoms with Crippen molar-refractivity contribution in [2.24, 2.45) is 0 Å². The summed E-state index contributed by atoms with van der Waals surface area (Å²) in [4.78, 5) is 15.2. The molecular weight excluding hydrogens is 355 g/mol. The van der Waals surface area contributed by atoms with Gasteiger partial charge in [-0.05, 0) is 23.8 Å². The van der Waals surface area contributed by atoms with E-state index in [1.165, 1.54) is 12.1 Å². The molecule has 0 amide bonds. The maximum Gasteiger partial charge on any atom is 0.276 e. The van der Waals surface area contributed by atoms with Gasteiger partial charge in [0.1, 0.15) is 11.5 Å². The molecule has 3 aromatic rings. The van der Waals surface area contributed by atoms with Crippen LogP contribution >= 0.6 is 0 Å². The summed E-state index contributed by atoms with van der Waals surface area (Å²) >= 11 is 0. The molecule has 6 heteroatoms. The highest BCUT2D eigenvalue weighted by molar-refractivity contribution is 5.98. The molecular formula is C22H27FN4O. The largest absolute Gasteiger partial charge is 0.393 e. The molecule has 0 radical (unpaired) electrons. The van der Waals surface area contributed by atoms with Crippen molar-refractivity contribution in [1.82, 2.24) is 9.88 Å². The molecule has 0 unspecified atom stereocenters. The number of hydrogen-bond donors (Lipinski definition) is 2. The van der Waals surface area contributed by atoms with Crippen LogP contribution in [-0.4, -0.2) is 30.7 Å². The molecule has 3 N–H and O–H groups in total. The van der Waals surface area contributed by atoms with Gasteiger partial charge in [0, 0.05) is 31.6 Å². The van der Waals surface area contributed by atoms with E-state index >= 15 is 0 Å². The summed E-state index contributed by atoms with van der Waals surface area (Å²) in [6, 6.07) is 14.0. The first-order valence-corrected chi connectivity index (χ1v) is 9.76. The van der Waals surface area contributed by atoms with Gasteiger partial charge in [0.15, 0.2) is 0 Å². The van der Waals surface area contributed by atoms with Gasteiger partial charge in [0.05, 0.1) is 17.7 Å². The fraction of sp³-hybridized carbons (Fsp3) is 0.318. The van der Waals surface area contributed by atoms with E-state index in [9.17, 15) is 9.18 Å². The summed E-state index contributed by atoms with van der Waals surface area (Å²) in [6.45, 7) is 7.72. The standard InChI is InChI=1S/C20H21FN4O.C2H6/c21-15-7-5-14(6-8-15)13-25-17-4-2-1-3-16(17)19(18(22)20(25)26)24-11-9-23-10-12-24;1-2/h1-8,23H,9-13,22H2;1-2H3. The predicted octanol–water partition coefficient (Wildman–Crippen LogP) is 3.21. The number of aromatic nitrogens is 1. The SMILES string of the molecule is CC.Nc1c(N2CCNCC2)c2ccccc2n(Cc2ccc(F)cc2)c1=O. The third-order valence-electron chi connectivity index (χ3n) is 4.87. The Morgan fingerprint density at radius 1 is 1.04 bits per heavy atom. The number of nitrogens with two attached hydrogens (primary N) is 1. The Bertz CT molecular complexity index is 992. The van der Waals surface area contributed by atoms with Crippen LogP contribution in [0, 0.1) is 5.82 Å². The average Bonchev–Trinajstić information content (AvgIpc) is 2.75. The van der Waals surface area contributed by atoms with Crippen molar-refractivity contribution < 1.29 is 4.39 Å². The molecule has 2 heterocycles. The Morgan fingerprint density at radius 3 is 2.36 bits per heavy atom. The number of hydrogen-bond acceptors (Lipinski definition) is 4. The second kappa shape index (κ2) is 8.89. The lowest BCUT2D eigenvalue weighted by molar-refractivity contribution is 0.590. The second-order valence-corrected chi connectivity index (χ2v) is 6.53. The molecule has 0 aliphatic carbocycles. The first kappa shape index (κ1) is 19.9. The number of fused-ring (bicyclic) bond motifs is 1. The molecule has 1 aliphatic rings. The first-order valence-electron chi connectivity index (χ1n) is 9.76. The van der Waals surface area contributed by atoms with Crippen LogP contribution < -0.4 is 21.5 Å². The van der Waals surface area contributed by atoms with Gasteiger partial charge < -0.3 is 20.5 Å². The minimum atomic E-state index is -0.292. The van der Waals surface area contributed by atoms with Gasteiger partial charge >= 0.3 is 0 Å². The molecule has 0 bridgehead atoms. The van der Waals surface area contributed by atoms with Crippen molar-refractivity contribution in [2.45, 2.75) is 20.4 Å². The van der Waals surface area contributed by atoms with E-state index in [1.807, 2.05) is 38.1 Å². The lowest BCUT2D eigenvalue weighted by atomic mass is 10.1. The lowest BCUT2D eigenvalue weighted by Crippen LogP contribution is -2.44. The number of nitrogen functional groups attached to an aromatic ring is 1. The van der Waals surface area contributed by atoms with E-state index in [0.717, 1.165) is 48.3 Å². The van der Waals surface area contributed by atoms with Crippen molar-refractivity contribution in [2.75, 3.05) is 36.8 Å². The van der Waals surface area contributed by atoms with Crippen LogP contribution in [0.4, 0.5) is 15.8 Å². The fourth-order valence-electron chi connectivity index (χ4n) is 3.57. The highest BCUT2D eigenvalue weighted by Gasteiger charge is 2.20. The summed E-state index contributed by atoms with van der Waals surface area (Å²) in [5.41, 5.74) is 8.88. The Balaban J connectivity index is 0.00000109. The van der Waals surface area contributed by atoms with Crippen molar-refractivity contribution in [1.29, 1.82) is 0 Å². The highest BCUT2D eigenvalue weighted by Crippen LogP contribution is 2.31. The van der Waals surface area contributed by atoms with Crippen LogP contribution in [0.3, 0.4) is 0 Å². The summed E-state index contributed by atoms with van der Waals surface area (Å²) < 4.78 is 14.9. The molecule has 5 nitrogen and oxygen atoms in total. The first-order chi connectivity index (χ1) is 13.6. The Hall–Kier alpha value is -2.86. The van der Waals surface area contributed by atoms with E-state index in [-0.39, 0.29) is 17.1 Å². The van der Waals surface area contributed by atoms with E-state index in [4.69, 9.17) is 5.73 Å². The number of rotatable bonds is 3. The monoisotopic (exact) mass is 382 g/mol. The number of piperazine rings is 1. The highest BCUT2D eigenvalue weighted by atomic mass is 19.1. The van der Waals surface area contributed by atoms with Gasteiger partial charge in [-0.3, -0.25) is 4.79 Å². The zero-order chi connectivity index (χ0) is 20.1. The van der Waals surface area contributed by atoms with Crippen LogP contribution in [0.25, 0.3) is 10.9 Å². The predicted molar refractivity (Wildman–Crippen MR) is 115 cm³/mol. The molecule has 0 spiro atoms. The van der Waals surface area contributed by atoms with Crippen molar-refractivity contribution in [3.8, 4) is 0 Å². The third kappa shape index (κ3) is 3.87. The second-order valence-electron chi connectivity index (χ2n) is 6.53. The van der Waals surface area contributed by atoms with Gasteiger partial charge in [-0.2, -0.15) is 0 Å². The number of anilines is 2. The number of para-hydroxylation sites is 1. The van der Waals surface area contributed by atoms with Crippen LogP contribution in [0.15, 0.2) is 53.3 Å². The molecule has 1 aliphatic heterocycles. The molecule has 0 saturated carbocycles. The number of nitrogens with one attached hydrogen (secondary N) is 1. The maximum atomic E-state index is 13.2. The Labute approximate surface area is 164 Å². The molecule has 1 fully saturated rings. The van der Waals surface area contributed by atoms with E-state index in [1.54, 1.807) is 16.7 Å². The van der Waals surface area contributed by atoms with Crippen LogP contribution in [0.5, 0.6) is 0 Å². The quantitative estimate of drug-likeness (QED) is 0.730. The van der Waals surface area contributed by atoms with Gasteiger partial charge in [-0.1, -0.05) is 44.2 Å². The molecule has 4 rings (SSSR count). The van der Waals surface area contributed by atoms with Crippen LogP contribution in [0.2, 0.25) is 0 Å². The minimum absolute atomic E-state index is 0.207. The number of nitrogens with zero attached hydrogens (tertiary/aromatic N) is 2. The topological polar surface area (TPSA) is 63.3 Å². The summed E-state index contributed by atoms with van der Waals surface area (Å²) in [5.74, 6) is -0.292. The molecule has 1 aromatic heterocycles. The number of halogens is 1. The zero-order valence-corrected chi connectivity index (χ0v) is 16.4. The molecule has 28 heavy (non-hydrogen) atoms. The van der Waals surface area contributed by atoms with E-state index < -0.39 is 0 Å². The molecule has 148 valence electrons. The maximum absolute atomic E-state index is 13.2. The number of benzene rings is 2. The van der Waals surface area contributed by atoms with Crippen molar-refractivity contribution >= 4 is 22.3 Å². The van der Waals surface area contributed by atoms with Gasteiger partial charge in [-0.25, -0.2) is 4.39 Å². The number of pyridine rings is 1.